The van der Waals surface area contributed by atoms with Crippen LogP contribution in [-0.4, -0.2) is 40.6 Å². The molecular formula is C19H22N4O3. The maximum Gasteiger partial charge on any atom is 0.289 e. The van der Waals surface area contributed by atoms with E-state index in [2.05, 4.69) is 15.4 Å². The van der Waals surface area contributed by atoms with E-state index in [0.29, 0.717) is 37.4 Å². The number of carbonyl (C=O) groups is 2. The summed E-state index contributed by atoms with van der Waals surface area (Å²) >= 11 is 0. The molecule has 26 heavy (non-hydrogen) atoms. The van der Waals surface area contributed by atoms with Crippen LogP contribution in [0.5, 0.6) is 0 Å². The maximum atomic E-state index is 12.2. The van der Waals surface area contributed by atoms with Crippen molar-refractivity contribution in [2.75, 3.05) is 13.1 Å². The van der Waals surface area contributed by atoms with Gasteiger partial charge in [0, 0.05) is 25.8 Å². The van der Waals surface area contributed by atoms with Crippen molar-refractivity contribution in [2.24, 2.45) is 5.10 Å². The van der Waals surface area contributed by atoms with Gasteiger partial charge >= 0.3 is 0 Å². The molecule has 0 radical (unpaired) electrons. The van der Waals surface area contributed by atoms with Gasteiger partial charge in [-0.25, -0.2) is 9.99 Å². The van der Waals surface area contributed by atoms with Crippen molar-refractivity contribution < 1.29 is 14.0 Å². The number of benzene rings is 1. The van der Waals surface area contributed by atoms with Gasteiger partial charge in [-0.05, 0) is 12.5 Å². The fourth-order valence-corrected chi connectivity index (χ4v) is 2.78. The summed E-state index contributed by atoms with van der Waals surface area (Å²) in [6, 6.07) is 9.80. The fraction of sp³-hybridized carbons (Fsp3) is 0.368. The Labute approximate surface area is 152 Å². The first kappa shape index (κ1) is 17.8. The number of hydrazone groups is 1. The molecule has 1 aliphatic rings. The predicted molar refractivity (Wildman–Crippen MR) is 96.9 cm³/mol. The molecule has 1 aliphatic heterocycles. The highest BCUT2D eigenvalue weighted by Crippen LogP contribution is 2.15. The topological polar surface area (TPSA) is 87.8 Å². The zero-order chi connectivity index (χ0) is 18.5. The van der Waals surface area contributed by atoms with E-state index in [1.54, 1.807) is 6.92 Å². The van der Waals surface area contributed by atoms with Crippen molar-refractivity contribution in [3.8, 4) is 0 Å². The third kappa shape index (κ3) is 3.99. The summed E-state index contributed by atoms with van der Waals surface area (Å²) in [5, 5.41) is 8.64. The van der Waals surface area contributed by atoms with Crippen molar-refractivity contribution in [3.63, 3.8) is 0 Å². The van der Waals surface area contributed by atoms with Crippen LogP contribution in [0.1, 0.15) is 47.5 Å². The Morgan fingerprint density at radius 1 is 1.27 bits per heavy atom. The number of hydrogen-bond acceptors (Lipinski definition) is 5. The van der Waals surface area contributed by atoms with Crippen LogP contribution in [0.2, 0.25) is 0 Å². The Morgan fingerprint density at radius 3 is 2.73 bits per heavy atom. The van der Waals surface area contributed by atoms with Gasteiger partial charge in [0.15, 0.2) is 5.89 Å². The normalized spacial score (nSPS) is 14.3. The number of oxazole rings is 1. The van der Waals surface area contributed by atoms with Crippen LogP contribution in [0.3, 0.4) is 0 Å². The van der Waals surface area contributed by atoms with Crippen molar-refractivity contribution in [3.05, 3.63) is 53.2 Å². The Balaban J connectivity index is 1.60. The van der Waals surface area contributed by atoms with Crippen LogP contribution in [0.4, 0.5) is 0 Å². The quantitative estimate of drug-likeness (QED) is 0.862. The van der Waals surface area contributed by atoms with Gasteiger partial charge in [-0.2, -0.15) is 5.10 Å². The molecule has 0 saturated heterocycles. The summed E-state index contributed by atoms with van der Waals surface area (Å²) < 4.78 is 5.43. The van der Waals surface area contributed by atoms with Crippen LogP contribution >= 0.6 is 0 Å². The van der Waals surface area contributed by atoms with Crippen LogP contribution < -0.4 is 5.32 Å². The number of amides is 2. The van der Waals surface area contributed by atoms with Crippen molar-refractivity contribution in [1.29, 1.82) is 0 Å². The Bertz CT molecular complexity index is 827. The summed E-state index contributed by atoms with van der Waals surface area (Å²) in [4.78, 5) is 28.5. The molecule has 7 heteroatoms. The van der Waals surface area contributed by atoms with E-state index in [4.69, 9.17) is 4.42 Å². The number of nitrogens with one attached hydrogen (secondary N) is 1. The van der Waals surface area contributed by atoms with E-state index < -0.39 is 0 Å². The molecule has 136 valence electrons. The summed E-state index contributed by atoms with van der Waals surface area (Å²) in [6.45, 7) is 4.26. The summed E-state index contributed by atoms with van der Waals surface area (Å²) in [5.74, 6) is 0.394. The van der Waals surface area contributed by atoms with E-state index in [0.717, 1.165) is 11.3 Å². The van der Waals surface area contributed by atoms with Crippen LogP contribution in [0.15, 0.2) is 39.9 Å². The second-order valence-corrected chi connectivity index (χ2v) is 6.06. The zero-order valence-electron chi connectivity index (χ0n) is 15.0. The number of aryl methyl sites for hydroxylation is 2. The summed E-state index contributed by atoms with van der Waals surface area (Å²) in [7, 11) is 0. The molecule has 0 fully saturated rings. The van der Waals surface area contributed by atoms with E-state index in [1.807, 2.05) is 37.3 Å². The van der Waals surface area contributed by atoms with Crippen molar-refractivity contribution >= 4 is 17.5 Å². The summed E-state index contributed by atoms with van der Waals surface area (Å²) in [6.07, 6.45) is 1.68. The molecule has 0 saturated carbocycles. The summed E-state index contributed by atoms with van der Waals surface area (Å²) in [5.41, 5.74) is 2.46. The number of aromatic nitrogens is 1. The number of rotatable bonds is 6. The lowest BCUT2D eigenvalue weighted by molar-refractivity contribution is -0.131. The van der Waals surface area contributed by atoms with Gasteiger partial charge in [-0.3, -0.25) is 9.59 Å². The van der Waals surface area contributed by atoms with Gasteiger partial charge in [0.1, 0.15) is 0 Å². The van der Waals surface area contributed by atoms with E-state index in [-0.39, 0.29) is 24.1 Å². The monoisotopic (exact) mass is 354 g/mol. The van der Waals surface area contributed by atoms with Gasteiger partial charge in [-0.15, -0.1) is 0 Å². The third-order valence-electron chi connectivity index (χ3n) is 4.17. The highest BCUT2D eigenvalue weighted by atomic mass is 16.4. The van der Waals surface area contributed by atoms with E-state index in [9.17, 15) is 9.59 Å². The Morgan fingerprint density at radius 2 is 2.04 bits per heavy atom. The van der Waals surface area contributed by atoms with E-state index >= 15 is 0 Å². The highest BCUT2D eigenvalue weighted by Gasteiger charge is 2.22. The lowest BCUT2D eigenvalue weighted by Crippen LogP contribution is -2.38. The van der Waals surface area contributed by atoms with Gasteiger partial charge in [-0.1, -0.05) is 37.3 Å². The molecule has 0 bridgehead atoms. The number of nitrogens with zero attached hydrogens (tertiary/aromatic N) is 3. The Hall–Kier alpha value is -2.96. The number of hydrogen-bond donors (Lipinski definition) is 1. The molecule has 2 aromatic rings. The van der Waals surface area contributed by atoms with Crippen LogP contribution in [0, 0.1) is 6.92 Å². The molecule has 3 rings (SSSR count). The molecule has 1 aromatic heterocycles. The van der Waals surface area contributed by atoms with Crippen LogP contribution in [-0.2, 0) is 11.2 Å². The smallest absolute Gasteiger partial charge is 0.289 e. The minimum absolute atomic E-state index is 0.0388. The molecule has 0 aliphatic carbocycles. The van der Waals surface area contributed by atoms with Crippen LogP contribution in [0.25, 0.3) is 0 Å². The average Bonchev–Trinajstić information content (AvgIpc) is 3.05. The molecule has 0 atom stereocenters. The third-order valence-corrected chi connectivity index (χ3v) is 4.17. The minimum atomic E-state index is -0.327. The van der Waals surface area contributed by atoms with Gasteiger partial charge in [0.05, 0.1) is 18.0 Å². The molecule has 7 nitrogen and oxygen atoms in total. The van der Waals surface area contributed by atoms with Crippen molar-refractivity contribution in [2.45, 2.75) is 33.1 Å². The first-order chi connectivity index (χ1) is 12.6. The highest BCUT2D eigenvalue weighted by molar-refractivity contribution is 6.04. The molecular weight excluding hydrogens is 332 g/mol. The predicted octanol–water partition coefficient (Wildman–Crippen LogP) is 2.30. The van der Waals surface area contributed by atoms with E-state index in [1.165, 1.54) is 5.01 Å². The van der Waals surface area contributed by atoms with Gasteiger partial charge in [0.2, 0.25) is 11.7 Å². The second kappa shape index (κ2) is 7.95. The minimum Gasteiger partial charge on any atom is -0.435 e. The molecule has 2 heterocycles. The zero-order valence-corrected chi connectivity index (χ0v) is 15.0. The molecule has 0 spiro atoms. The molecule has 1 N–H and O–H groups in total. The fourth-order valence-electron chi connectivity index (χ4n) is 2.78. The average molecular weight is 354 g/mol. The molecule has 1 aromatic carbocycles. The standard InChI is InChI=1S/C19H22N4O3/c1-3-16-21-13(2)18(26-16)19(25)20-11-12-23-17(24)10-9-15(22-23)14-7-5-4-6-8-14/h4-8H,3,9-12H2,1-2H3,(H,20,25). The van der Waals surface area contributed by atoms with Gasteiger partial charge in [0.25, 0.3) is 5.91 Å². The Kier molecular flexibility index (Phi) is 5.46. The molecule has 2 amide bonds. The SMILES string of the molecule is CCc1nc(C)c(C(=O)NCCN2N=C(c3ccccc3)CCC2=O)o1. The lowest BCUT2D eigenvalue weighted by Gasteiger charge is -2.23. The largest absolute Gasteiger partial charge is 0.435 e. The van der Waals surface area contributed by atoms with Crippen molar-refractivity contribution in [1.82, 2.24) is 15.3 Å². The first-order valence-electron chi connectivity index (χ1n) is 8.76. The first-order valence-corrected chi connectivity index (χ1v) is 8.76. The lowest BCUT2D eigenvalue weighted by atomic mass is 10.0. The molecule has 0 unspecified atom stereocenters. The maximum absolute atomic E-state index is 12.2. The second-order valence-electron chi connectivity index (χ2n) is 6.06. The van der Waals surface area contributed by atoms with Gasteiger partial charge < -0.3 is 9.73 Å². The number of carbonyl (C=O) groups excluding carboxylic acids is 2.